The lowest BCUT2D eigenvalue weighted by atomic mass is 9.99. The third kappa shape index (κ3) is 3.27. The molecule has 0 bridgehead atoms. The number of benzene rings is 2. The van der Waals surface area contributed by atoms with Crippen LogP contribution in [-0.2, 0) is 0 Å². The van der Waals surface area contributed by atoms with Crippen molar-refractivity contribution < 1.29 is 9.13 Å². The van der Waals surface area contributed by atoms with Crippen LogP contribution >= 0.6 is 24.0 Å². The van der Waals surface area contributed by atoms with E-state index in [1.165, 1.54) is 12.1 Å². The average Bonchev–Trinajstić information content (AvgIpc) is 2.48. The number of ether oxygens (including phenoxy) is 1. The van der Waals surface area contributed by atoms with Crippen LogP contribution in [-0.4, -0.2) is 19.7 Å². The fourth-order valence-electron chi connectivity index (χ4n) is 2.46. The molecule has 0 aromatic heterocycles. The summed E-state index contributed by atoms with van der Waals surface area (Å²) in [5, 5.41) is 3.65. The van der Waals surface area contributed by atoms with E-state index in [1.54, 1.807) is 6.07 Å². The van der Waals surface area contributed by atoms with E-state index in [-0.39, 0.29) is 24.3 Å². The summed E-state index contributed by atoms with van der Waals surface area (Å²) in [5.41, 5.74) is 2.19. The highest BCUT2D eigenvalue weighted by molar-refractivity contribution is 6.33. The molecule has 0 fully saturated rings. The van der Waals surface area contributed by atoms with E-state index in [9.17, 15) is 4.39 Å². The minimum atomic E-state index is -0.302. The Kier molecular flexibility index (Phi) is 5.46. The molecule has 0 amide bonds. The van der Waals surface area contributed by atoms with Gasteiger partial charge < -0.3 is 10.1 Å². The van der Waals surface area contributed by atoms with E-state index in [0.29, 0.717) is 22.9 Å². The molecule has 1 heterocycles. The minimum Gasteiger partial charge on any atom is -0.484 e. The van der Waals surface area contributed by atoms with Crippen LogP contribution in [0.1, 0.15) is 5.56 Å². The lowest BCUT2D eigenvalue weighted by Gasteiger charge is -2.24. The second-order valence-corrected chi connectivity index (χ2v) is 5.33. The second-order valence-electron chi connectivity index (χ2n) is 4.92. The molecule has 3 rings (SSSR count). The van der Waals surface area contributed by atoms with Crippen LogP contribution in [0.2, 0.25) is 5.02 Å². The third-order valence-corrected chi connectivity index (χ3v) is 3.74. The van der Waals surface area contributed by atoms with Gasteiger partial charge in [-0.05, 0) is 31.3 Å². The van der Waals surface area contributed by atoms with Crippen molar-refractivity contribution in [1.29, 1.82) is 0 Å². The summed E-state index contributed by atoms with van der Waals surface area (Å²) in [7, 11) is 1.87. The van der Waals surface area contributed by atoms with Crippen molar-refractivity contribution in [3.05, 3.63) is 58.9 Å². The number of hydrogen-bond donors (Lipinski definition) is 1. The Hall–Kier alpha value is -1.55. The Morgan fingerprint density at radius 3 is 2.73 bits per heavy atom. The molecule has 1 atom stereocenters. The van der Waals surface area contributed by atoms with E-state index < -0.39 is 0 Å². The smallest absolute Gasteiger partial charge is 0.135 e. The zero-order valence-corrected chi connectivity index (χ0v) is 13.5. The predicted octanol–water partition coefficient (Wildman–Crippen LogP) is 4.56. The highest BCUT2D eigenvalue weighted by Crippen LogP contribution is 2.40. The first-order valence-electron chi connectivity index (χ1n) is 6.77. The summed E-state index contributed by atoms with van der Waals surface area (Å²) in [4.78, 5) is 0. The molecule has 5 heteroatoms. The van der Waals surface area contributed by atoms with Gasteiger partial charge in [-0.1, -0.05) is 35.9 Å². The van der Waals surface area contributed by atoms with Crippen molar-refractivity contribution in [3.63, 3.8) is 0 Å². The second kappa shape index (κ2) is 7.14. The fourth-order valence-corrected chi connectivity index (χ4v) is 2.70. The SMILES string of the molecule is CNCC1C=Cc2cc(F)cc(-c3ccccc3Cl)c2O1.Cl. The Labute approximate surface area is 140 Å². The minimum absolute atomic E-state index is 0. The van der Waals surface area contributed by atoms with Crippen LogP contribution in [0.3, 0.4) is 0 Å². The molecular weight excluding hydrogens is 324 g/mol. The van der Waals surface area contributed by atoms with E-state index in [2.05, 4.69) is 5.32 Å². The molecule has 1 N–H and O–H groups in total. The van der Waals surface area contributed by atoms with E-state index >= 15 is 0 Å². The largest absolute Gasteiger partial charge is 0.484 e. The summed E-state index contributed by atoms with van der Waals surface area (Å²) in [5.74, 6) is 0.372. The molecule has 0 spiro atoms. The first-order valence-corrected chi connectivity index (χ1v) is 7.14. The zero-order valence-electron chi connectivity index (χ0n) is 12.0. The van der Waals surface area contributed by atoms with Gasteiger partial charge in [-0.3, -0.25) is 0 Å². The van der Waals surface area contributed by atoms with Crippen LogP contribution in [0.4, 0.5) is 4.39 Å². The summed E-state index contributed by atoms with van der Waals surface area (Å²) >= 11 is 6.24. The van der Waals surface area contributed by atoms with Crippen LogP contribution in [0.25, 0.3) is 17.2 Å². The number of likely N-dealkylation sites (N-methyl/N-ethyl adjacent to an activating group) is 1. The van der Waals surface area contributed by atoms with Crippen molar-refractivity contribution in [3.8, 4) is 16.9 Å². The molecule has 0 saturated carbocycles. The first-order chi connectivity index (χ1) is 10.2. The Bertz CT molecular complexity index is 703. The summed E-state index contributed by atoms with van der Waals surface area (Å²) in [6.45, 7) is 0.690. The van der Waals surface area contributed by atoms with Gasteiger partial charge in [-0.25, -0.2) is 4.39 Å². The van der Waals surface area contributed by atoms with Crippen LogP contribution < -0.4 is 10.1 Å². The highest BCUT2D eigenvalue weighted by Gasteiger charge is 2.20. The maximum Gasteiger partial charge on any atom is 0.135 e. The maximum atomic E-state index is 13.9. The molecule has 2 aromatic carbocycles. The van der Waals surface area contributed by atoms with Gasteiger partial charge in [0.05, 0.1) is 0 Å². The van der Waals surface area contributed by atoms with Gasteiger partial charge in [0, 0.05) is 28.3 Å². The lowest BCUT2D eigenvalue weighted by Crippen LogP contribution is -2.29. The Morgan fingerprint density at radius 2 is 2.00 bits per heavy atom. The average molecular weight is 340 g/mol. The molecule has 2 aromatic rings. The number of rotatable bonds is 3. The first kappa shape index (κ1) is 16.8. The molecule has 1 aliphatic rings. The van der Waals surface area contributed by atoms with Gasteiger partial charge in [-0.2, -0.15) is 0 Å². The summed E-state index contributed by atoms with van der Waals surface area (Å²) in [6.07, 6.45) is 3.74. The normalized spacial score (nSPS) is 15.7. The fraction of sp³-hybridized carbons (Fsp3) is 0.176. The van der Waals surface area contributed by atoms with Gasteiger partial charge in [0.2, 0.25) is 0 Å². The van der Waals surface area contributed by atoms with Gasteiger partial charge in [-0.15, -0.1) is 12.4 Å². The monoisotopic (exact) mass is 339 g/mol. The third-order valence-electron chi connectivity index (χ3n) is 3.41. The van der Waals surface area contributed by atoms with Crippen LogP contribution in [0.5, 0.6) is 5.75 Å². The van der Waals surface area contributed by atoms with E-state index in [4.69, 9.17) is 16.3 Å². The standard InChI is InChI=1S/C17H15ClFNO.ClH/c1-20-10-13-7-6-11-8-12(19)9-15(17(11)21-13)14-4-2-3-5-16(14)18;/h2-9,13,20H,10H2,1H3;1H. The molecule has 1 unspecified atom stereocenters. The zero-order chi connectivity index (χ0) is 14.8. The Balaban J connectivity index is 0.00000176. The van der Waals surface area contributed by atoms with Gasteiger partial charge in [0.25, 0.3) is 0 Å². The molecular formula is C17H16Cl2FNO. The number of halogens is 3. The maximum absolute atomic E-state index is 13.9. The summed E-state index contributed by atoms with van der Waals surface area (Å²) < 4.78 is 19.9. The van der Waals surface area contributed by atoms with Crippen molar-refractivity contribution in [2.45, 2.75) is 6.10 Å². The molecule has 0 aliphatic carbocycles. The topological polar surface area (TPSA) is 21.3 Å². The van der Waals surface area contributed by atoms with E-state index in [1.807, 2.05) is 37.4 Å². The van der Waals surface area contributed by atoms with Crippen molar-refractivity contribution in [2.75, 3.05) is 13.6 Å². The van der Waals surface area contributed by atoms with Crippen LogP contribution in [0.15, 0.2) is 42.5 Å². The number of nitrogens with one attached hydrogen (secondary N) is 1. The molecule has 0 radical (unpaired) electrons. The van der Waals surface area contributed by atoms with Gasteiger partial charge in [0.15, 0.2) is 0 Å². The van der Waals surface area contributed by atoms with Crippen LogP contribution in [0, 0.1) is 5.82 Å². The number of hydrogen-bond acceptors (Lipinski definition) is 2. The van der Waals surface area contributed by atoms with E-state index in [0.717, 1.165) is 11.1 Å². The number of fused-ring (bicyclic) bond motifs is 1. The molecule has 1 aliphatic heterocycles. The van der Waals surface area contributed by atoms with Crippen molar-refractivity contribution in [1.82, 2.24) is 5.32 Å². The molecule has 22 heavy (non-hydrogen) atoms. The molecule has 2 nitrogen and oxygen atoms in total. The lowest BCUT2D eigenvalue weighted by molar-refractivity contribution is 0.245. The van der Waals surface area contributed by atoms with Gasteiger partial charge >= 0.3 is 0 Å². The van der Waals surface area contributed by atoms with Gasteiger partial charge in [0.1, 0.15) is 17.7 Å². The van der Waals surface area contributed by atoms with Crippen molar-refractivity contribution in [2.24, 2.45) is 0 Å². The summed E-state index contributed by atoms with van der Waals surface area (Å²) in [6, 6.07) is 10.3. The van der Waals surface area contributed by atoms with Crippen molar-refractivity contribution >= 4 is 30.1 Å². The Morgan fingerprint density at radius 1 is 1.23 bits per heavy atom. The highest BCUT2D eigenvalue weighted by atomic mass is 35.5. The predicted molar refractivity (Wildman–Crippen MR) is 91.5 cm³/mol. The molecule has 0 saturated heterocycles. The molecule has 116 valence electrons. The quantitative estimate of drug-likeness (QED) is 0.884.